The van der Waals surface area contributed by atoms with E-state index < -0.39 is 5.54 Å². The van der Waals surface area contributed by atoms with Gasteiger partial charge in [-0.3, -0.25) is 4.79 Å². The van der Waals surface area contributed by atoms with Gasteiger partial charge in [0.05, 0.1) is 45.7 Å². The zero-order chi connectivity index (χ0) is 12.7. The van der Waals surface area contributed by atoms with Crippen molar-refractivity contribution in [3.8, 4) is 0 Å². The van der Waals surface area contributed by atoms with E-state index in [0.717, 1.165) is 0 Å². The number of carbonyl (C=O) groups is 2. The first kappa shape index (κ1) is 14.5. The number of carbonyl (C=O) groups excluding carboxylic acids is 2. The highest BCUT2D eigenvalue weighted by Gasteiger charge is 2.58. The zero-order valence-electron chi connectivity index (χ0n) is 9.83. The molecule has 0 bridgehead atoms. The quantitative estimate of drug-likeness (QED) is 0.376. The number of urea groups is 1. The third-order valence-corrected chi connectivity index (χ3v) is 5.03. The maximum absolute atomic E-state index is 12.3. The van der Waals surface area contributed by atoms with Crippen molar-refractivity contribution in [1.29, 1.82) is 0 Å². The van der Waals surface area contributed by atoms with Gasteiger partial charge < -0.3 is 0 Å². The highest BCUT2D eigenvalue weighted by molar-refractivity contribution is 14.1. The minimum absolute atomic E-state index is 0.0869. The Balaban J connectivity index is 3.20. The second kappa shape index (κ2) is 4.95. The van der Waals surface area contributed by atoms with Crippen LogP contribution in [0, 0.1) is 11.8 Å². The fourth-order valence-corrected chi connectivity index (χ4v) is 4.31. The van der Waals surface area contributed by atoms with E-state index in [1.54, 1.807) is 26.0 Å². The van der Waals surface area contributed by atoms with Crippen LogP contribution in [-0.4, -0.2) is 23.7 Å². The molecule has 1 heterocycles. The molecule has 92 valence electrons. The van der Waals surface area contributed by atoms with Crippen molar-refractivity contribution < 1.29 is 9.59 Å². The maximum Gasteiger partial charge on any atom is 0.345 e. The molecule has 1 unspecified atom stereocenters. The molecule has 0 aliphatic carbocycles. The molecule has 16 heavy (non-hydrogen) atoms. The second-order valence-electron chi connectivity index (χ2n) is 4.83. The summed E-state index contributed by atoms with van der Waals surface area (Å²) in [5.74, 6) is 0.401. The van der Waals surface area contributed by atoms with Gasteiger partial charge in [-0.15, -0.1) is 0 Å². The van der Waals surface area contributed by atoms with Gasteiger partial charge in [-0.25, -0.2) is 7.91 Å². The lowest BCUT2D eigenvalue weighted by Crippen LogP contribution is -2.50. The summed E-state index contributed by atoms with van der Waals surface area (Å²) in [6, 6.07) is -0.222. The van der Waals surface area contributed by atoms with Crippen LogP contribution in [0.3, 0.4) is 0 Å². The van der Waals surface area contributed by atoms with Gasteiger partial charge in [-0.1, -0.05) is 27.7 Å². The van der Waals surface area contributed by atoms with Crippen LogP contribution in [-0.2, 0) is 4.79 Å². The number of halogens is 2. The number of hydrogen-bond donors (Lipinski definition) is 0. The SMILES string of the molecule is CC(C)CC1(C(C)C)C(=O)N(I)C(=O)N1I. The molecule has 1 aliphatic heterocycles. The molecule has 1 aliphatic rings. The lowest BCUT2D eigenvalue weighted by molar-refractivity contribution is -0.130. The molecule has 1 fully saturated rings. The summed E-state index contributed by atoms with van der Waals surface area (Å²) in [6.07, 6.45) is 0.706. The van der Waals surface area contributed by atoms with Crippen LogP contribution < -0.4 is 0 Å². The highest BCUT2D eigenvalue weighted by atomic mass is 127. The molecular weight excluding hydrogens is 434 g/mol. The maximum atomic E-state index is 12.3. The zero-order valence-corrected chi connectivity index (χ0v) is 14.1. The summed E-state index contributed by atoms with van der Waals surface area (Å²) in [5, 5.41) is 0. The molecule has 0 N–H and O–H groups in total. The Bertz CT molecular complexity index is 320. The molecule has 1 rings (SSSR count). The van der Waals surface area contributed by atoms with Crippen LogP contribution in [0.4, 0.5) is 4.79 Å². The fraction of sp³-hybridized carbons (Fsp3) is 0.800. The molecule has 0 spiro atoms. The predicted octanol–water partition coefficient (Wildman–Crippen LogP) is 3.39. The molecule has 4 nitrogen and oxygen atoms in total. The van der Waals surface area contributed by atoms with Gasteiger partial charge in [-0.05, 0) is 18.3 Å². The standard InChI is InChI=1S/C10H16I2N2O2/c1-6(2)5-10(7(3)4)8(15)13(11)9(16)14(10)12/h6-7H,5H2,1-4H3. The van der Waals surface area contributed by atoms with E-state index >= 15 is 0 Å². The molecule has 0 radical (unpaired) electrons. The summed E-state index contributed by atoms with van der Waals surface area (Å²) in [6.45, 7) is 8.13. The Labute approximate surface area is 124 Å². The smallest absolute Gasteiger partial charge is 0.271 e. The first-order chi connectivity index (χ1) is 7.25. The highest BCUT2D eigenvalue weighted by Crippen LogP contribution is 2.43. The number of imide groups is 1. The molecule has 0 aromatic heterocycles. The molecule has 1 saturated heterocycles. The van der Waals surface area contributed by atoms with Crippen LogP contribution in [0.1, 0.15) is 34.1 Å². The van der Waals surface area contributed by atoms with Crippen molar-refractivity contribution in [3.05, 3.63) is 0 Å². The number of hydrogen-bond acceptors (Lipinski definition) is 2. The third kappa shape index (κ3) is 2.06. The minimum atomic E-state index is -0.674. The van der Waals surface area contributed by atoms with Gasteiger partial charge in [0, 0.05) is 0 Å². The van der Waals surface area contributed by atoms with Crippen molar-refractivity contribution in [2.24, 2.45) is 11.8 Å². The van der Waals surface area contributed by atoms with Crippen LogP contribution in [0.5, 0.6) is 0 Å². The van der Waals surface area contributed by atoms with Gasteiger partial charge >= 0.3 is 6.03 Å². The van der Waals surface area contributed by atoms with Gasteiger partial charge in [0.1, 0.15) is 5.54 Å². The number of rotatable bonds is 3. The summed E-state index contributed by atoms with van der Waals surface area (Å²) >= 11 is 3.76. The minimum Gasteiger partial charge on any atom is -0.271 e. The average Bonchev–Trinajstić information content (AvgIpc) is 2.33. The second-order valence-corrected chi connectivity index (χ2v) is 6.76. The number of nitrogens with zero attached hydrogens (tertiary/aromatic N) is 2. The molecule has 1 atom stereocenters. The van der Waals surface area contributed by atoms with E-state index in [-0.39, 0.29) is 17.9 Å². The van der Waals surface area contributed by atoms with Crippen LogP contribution in [0.2, 0.25) is 0 Å². The van der Waals surface area contributed by atoms with Gasteiger partial charge in [-0.2, -0.15) is 3.11 Å². The Kier molecular flexibility index (Phi) is 4.47. The first-order valence-corrected chi connectivity index (χ1v) is 7.18. The predicted molar refractivity (Wildman–Crippen MR) is 79.1 cm³/mol. The number of amides is 3. The van der Waals surface area contributed by atoms with Crippen LogP contribution in [0.25, 0.3) is 0 Å². The third-order valence-electron chi connectivity index (χ3n) is 2.91. The molecule has 6 heteroatoms. The topological polar surface area (TPSA) is 40.6 Å². The Hall–Kier alpha value is 0.400. The Morgan fingerprint density at radius 1 is 1.19 bits per heavy atom. The first-order valence-electron chi connectivity index (χ1n) is 5.25. The van der Waals surface area contributed by atoms with E-state index in [9.17, 15) is 9.59 Å². The van der Waals surface area contributed by atoms with E-state index in [1.807, 2.05) is 36.7 Å². The van der Waals surface area contributed by atoms with E-state index in [0.29, 0.717) is 12.3 Å². The summed E-state index contributed by atoms with van der Waals surface area (Å²) in [5.41, 5.74) is -0.674. The van der Waals surface area contributed by atoms with Gasteiger partial charge in [0.25, 0.3) is 5.91 Å². The summed E-state index contributed by atoms with van der Waals surface area (Å²) in [4.78, 5) is 24.1. The molecular formula is C10H16I2N2O2. The normalized spacial score (nSPS) is 26.5. The van der Waals surface area contributed by atoms with Gasteiger partial charge in [0.15, 0.2) is 0 Å². The molecule has 0 aromatic rings. The summed E-state index contributed by atoms with van der Waals surface area (Å²) in [7, 11) is 0. The van der Waals surface area contributed by atoms with E-state index in [4.69, 9.17) is 0 Å². The largest absolute Gasteiger partial charge is 0.345 e. The molecule has 0 aromatic carbocycles. The molecule has 3 amide bonds. The van der Waals surface area contributed by atoms with Crippen LogP contribution >= 0.6 is 45.7 Å². The monoisotopic (exact) mass is 450 g/mol. The van der Waals surface area contributed by atoms with Crippen LogP contribution in [0.15, 0.2) is 0 Å². The lowest BCUT2D eigenvalue weighted by Gasteiger charge is -2.36. The van der Waals surface area contributed by atoms with Crippen molar-refractivity contribution in [2.45, 2.75) is 39.7 Å². The Morgan fingerprint density at radius 3 is 1.94 bits per heavy atom. The van der Waals surface area contributed by atoms with Crippen molar-refractivity contribution in [3.63, 3.8) is 0 Å². The Morgan fingerprint density at radius 2 is 1.69 bits per heavy atom. The van der Waals surface area contributed by atoms with Crippen molar-refractivity contribution in [1.82, 2.24) is 6.23 Å². The van der Waals surface area contributed by atoms with Crippen molar-refractivity contribution in [2.75, 3.05) is 0 Å². The summed E-state index contributed by atoms with van der Waals surface area (Å²) < 4.78 is 2.77. The van der Waals surface area contributed by atoms with E-state index in [1.165, 1.54) is 3.11 Å². The van der Waals surface area contributed by atoms with Gasteiger partial charge in [0.2, 0.25) is 0 Å². The molecule has 0 saturated carbocycles. The van der Waals surface area contributed by atoms with E-state index in [2.05, 4.69) is 13.8 Å². The van der Waals surface area contributed by atoms with Crippen molar-refractivity contribution >= 4 is 57.7 Å². The average molecular weight is 450 g/mol. The lowest BCUT2D eigenvalue weighted by atomic mass is 9.79. The fourth-order valence-electron chi connectivity index (χ4n) is 2.09.